The Bertz CT molecular complexity index is 1060. The number of pyridine rings is 1. The smallest absolute Gasteiger partial charge is 0.322 e. The number of carbonyl (C=O) groups excluding carboxylic acids is 1. The molecule has 0 aliphatic heterocycles. The van der Waals surface area contributed by atoms with Crippen molar-refractivity contribution in [3.63, 3.8) is 0 Å². The quantitative estimate of drug-likeness (QED) is 0.675. The van der Waals surface area contributed by atoms with Crippen LogP contribution in [0.4, 0.5) is 18.9 Å². The summed E-state index contributed by atoms with van der Waals surface area (Å²) in [4.78, 5) is 25.1. The van der Waals surface area contributed by atoms with Gasteiger partial charge in [-0.05, 0) is 35.9 Å². The first-order valence-corrected chi connectivity index (χ1v) is 8.54. The SMILES string of the molecule is O=C(Nc1ccccc1)c1cc(Cl)cn(Cc2cccc(C(F)(F)F)c2)c1=O. The number of carbonyl (C=O) groups is 1. The van der Waals surface area contributed by atoms with Gasteiger partial charge < -0.3 is 9.88 Å². The van der Waals surface area contributed by atoms with E-state index in [0.29, 0.717) is 5.69 Å². The van der Waals surface area contributed by atoms with E-state index in [0.717, 1.165) is 16.7 Å². The number of aromatic nitrogens is 1. The van der Waals surface area contributed by atoms with Gasteiger partial charge in [-0.1, -0.05) is 41.9 Å². The van der Waals surface area contributed by atoms with Crippen LogP contribution in [-0.2, 0) is 12.7 Å². The maximum atomic E-state index is 12.9. The zero-order valence-electron chi connectivity index (χ0n) is 14.3. The van der Waals surface area contributed by atoms with Crippen molar-refractivity contribution >= 4 is 23.2 Å². The van der Waals surface area contributed by atoms with Crippen LogP contribution in [0.3, 0.4) is 0 Å². The lowest BCUT2D eigenvalue weighted by molar-refractivity contribution is -0.137. The molecule has 0 unspecified atom stereocenters. The molecule has 0 spiro atoms. The van der Waals surface area contributed by atoms with E-state index in [1.54, 1.807) is 30.3 Å². The van der Waals surface area contributed by atoms with Gasteiger partial charge >= 0.3 is 6.18 Å². The summed E-state index contributed by atoms with van der Waals surface area (Å²) in [6, 6.07) is 14.4. The van der Waals surface area contributed by atoms with Crippen LogP contribution in [0.15, 0.2) is 71.7 Å². The number of hydrogen-bond acceptors (Lipinski definition) is 2. The van der Waals surface area contributed by atoms with Gasteiger partial charge in [0.25, 0.3) is 11.5 Å². The molecule has 1 amide bonds. The lowest BCUT2D eigenvalue weighted by Gasteiger charge is -2.12. The van der Waals surface area contributed by atoms with Crippen LogP contribution in [-0.4, -0.2) is 10.5 Å². The maximum Gasteiger partial charge on any atom is 0.416 e. The average molecular weight is 407 g/mol. The van der Waals surface area contributed by atoms with Crippen LogP contribution in [0.1, 0.15) is 21.5 Å². The largest absolute Gasteiger partial charge is 0.416 e. The zero-order valence-corrected chi connectivity index (χ0v) is 15.1. The Morgan fingerprint density at radius 3 is 2.43 bits per heavy atom. The topological polar surface area (TPSA) is 51.1 Å². The lowest BCUT2D eigenvalue weighted by Crippen LogP contribution is -2.29. The zero-order chi connectivity index (χ0) is 20.3. The third-order valence-corrected chi connectivity index (χ3v) is 4.14. The van der Waals surface area contributed by atoms with Crippen LogP contribution in [0, 0.1) is 0 Å². The van der Waals surface area contributed by atoms with Crippen LogP contribution in [0.5, 0.6) is 0 Å². The predicted molar refractivity (Wildman–Crippen MR) is 101 cm³/mol. The summed E-state index contributed by atoms with van der Waals surface area (Å²) < 4.78 is 39.8. The van der Waals surface area contributed by atoms with Gasteiger partial charge in [-0.2, -0.15) is 13.2 Å². The molecule has 0 atom stereocenters. The van der Waals surface area contributed by atoms with Crippen LogP contribution in [0.25, 0.3) is 0 Å². The molecule has 1 N–H and O–H groups in total. The summed E-state index contributed by atoms with van der Waals surface area (Å²) in [6.07, 6.45) is -3.21. The highest BCUT2D eigenvalue weighted by atomic mass is 35.5. The summed E-state index contributed by atoms with van der Waals surface area (Å²) in [5, 5.41) is 2.70. The highest BCUT2D eigenvalue weighted by molar-refractivity contribution is 6.30. The van der Waals surface area contributed by atoms with Gasteiger partial charge in [-0.15, -0.1) is 0 Å². The minimum atomic E-state index is -4.49. The summed E-state index contributed by atoms with van der Waals surface area (Å²) in [7, 11) is 0. The second-order valence-corrected chi connectivity index (χ2v) is 6.46. The minimum Gasteiger partial charge on any atom is -0.322 e. The Hall–Kier alpha value is -3.06. The number of para-hydroxylation sites is 1. The number of nitrogens with zero attached hydrogens (tertiary/aromatic N) is 1. The Morgan fingerprint density at radius 2 is 1.75 bits per heavy atom. The summed E-state index contributed by atoms with van der Waals surface area (Å²) in [5.41, 5.74) is -0.925. The molecule has 1 heterocycles. The molecule has 144 valence electrons. The summed E-state index contributed by atoms with van der Waals surface area (Å²) in [6.45, 7) is -0.158. The molecule has 0 aliphatic carbocycles. The second-order valence-electron chi connectivity index (χ2n) is 6.02. The fraction of sp³-hybridized carbons (Fsp3) is 0.100. The van der Waals surface area contributed by atoms with E-state index in [-0.39, 0.29) is 22.7 Å². The third-order valence-electron chi connectivity index (χ3n) is 3.94. The molecule has 8 heteroatoms. The number of amides is 1. The molecular formula is C20H14ClF3N2O2. The van der Waals surface area contributed by atoms with E-state index < -0.39 is 23.2 Å². The molecule has 28 heavy (non-hydrogen) atoms. The Labute approximate surface area is 163 Å². The van der Waals surface area contributed by atoms with Gasteiger partial charge in [0, 0.05) is 11.9 Å². The normalized spacial score (nSPS) is 11.3. The maximum absolute atomic E-state index is 12.9. The molecular weight excluding hydrogens is 393 g/mol. The number of nitrogens with one attached hydrogen (secondary N) is 1. The van der Waals surface area contributed by atoms with Crippen molar-refractivity contribution in [1.29, 1.82) is 0 Å². The number of halogens is 4. The van der Waals surface area contributed by atoms with Gasteiger partial charge in [0.1, 0.15) is 5.56 Å². The molecule has 0 aliphatic rings. The minimum absolute atomic E-state index is 0.116. The first-order chi connectivity index (χ1) is 13.2. The molecule has 0 saturated carbocycles. The van der Waals surface area contributed by atoms with E-state index in [2.05, 4.69) is 5.32 Å². The van der Waals surface area contributed by atoms with E-state index in [9.17, 15) is 22.8 Å². The van der Waals surface area contributed by atoms with Gasteiger partial charge in [-0.25, -0.2) is 0 Å². The second kappa shape index (κ2) is 7.90. The first-order valence-electron chi connectivity index (χ1n) is 8.16. The van der Waals surface area contributed by atoms with Gasteiger partial charge in [0.05, 0.1) is 17.1 Å². The monoisotopic (exact) mass is 406 g/mol. The van der Waals surface area contributed by atoms with E-state index >= 15 is 0 Å². The predicted octanol–water partition coefficient (Wildman–Crippen LogP) is 4.82. The molecule has 4 nitrogen and oxygen atoms in total. The number of hydrogen-bond donors (Lipinski definition) is 1. The van der Waals surface area contributed by atoms with E-state index in [1.165, 1.54) is 24.4 Å². The van der Waals surface area contributed by atoms with Crippen molar-refractivity contribution in [2.45, 2.75) is 12.7 Å². The lowest BCUT2D eigenvalue weighted by atomic mass is 10.1. The standard InChI is InChI=1S/C20H14ClF3N2O2/c21-15-10-17(18(27)25-16-7-2-1-3-8-16)19(28)26(12-15)11-13-5-4-6-14(9-13)20(22,23)24/h1-10,12H,11H2,(H,25,27). The van der Waals surface area contributed by atoms with Gasteiger partial charge in [-0.3, -0.25) is 9.59 Å². The van der Waals surface area contributed by atoms with E-state index in [4.69, 9.17) is 11.6 Å². The molecule has 0 saturated heterocycles. The van der Waals surface area contributed by atoms with Crippen molar-refractivity contribution in [2.24, 2.45) is 0 Å². The highest BCUT2D eigenvalue weighted by Crippen LogP contribution is 2.29. The number of anilines is 1. The molecule has 3 aromatic rings. The van der Waals surface area contributed by atoms with Crippen molar-refractivity contribution in [3.8, 4) is 0 Å². The first kappa shape index (κ1) is 19.7. The Kier molecular flexibility index (Phi) is 5.56. The third kappa shape index (κ3) is 4.61. The molecule has 0 fully saturated rings. The molecule has 1 aromatic heterocycles. The van der Waals surface area contributed by atoms with Crippen molar-refractivity contribution in [1.82, 2.24) is 4.57 Å². The molecule has 2 aromatic carbocycles. The molecule has 0 radical (unpaired) electrons. The van der Waals surface area contributed by atoms with Gasteiger partial charge in [0.15, 0.2) is 0 Å². The average Bonchev–Trinajstić information content (AvgIpc) is 2.64. The molecule has 3 rings (SSSR count). The fourth-order valence-electron chi connectivity index (χ4n) is 2.64. The van der Waals surface area contributed by atoms with E-state index in [1.807, 2.05) is 0 Å². The van der Waals surface area contributed by atoms with Crippen molar-refractivity contribution in [2.75, 3.05) is 5.32 Å². The van der Waals surface area contributed by atoms with Crippen LogP contribution < -0.4 is 10.9 Å². The van der Waals surface area contributed by atoms with Crippen LogP contribution >= 0.6 is 11.6 Å². The Balaban J connectivity index is 1.91. The summed E-state index contributed by atoms with van der Waals surface area (Å²) >= 11 is 6.02. The fourth-order valence-corrected chi connectivity index (χ4v) is 2.87. The summed E-state index contributed by atoms with van der Waals surface area (Å²) in [5.74, 6) is -0.656. The van der Waals surface area contributed by atoms with Crippen molar-refractivity contribution in [3.05, 3.63) is 98.9 Å². The Morgan fingerprint density at radius 1 is 1.04 bits per heavy atom. The number of benzene rings is 2. The van der Waals surface area contributed by atoms with Gasteiger partial charge in [0.2, 0.25) is 0 Å². The molecule has 0 bridgehead atoms. The van der Waals surface area contributed by atoms with Crippen molar-refractivity contribution < 1.29 is 18.0 Å². The number of alkyl halides is 3. The highest BCUT2D eigenvalue weighted by Gasteiger charge is 2.30. The van der Waals surface area contributed by atoms with Crippen LogP contribution in [0.2, 0.25) is 5.02 Å². The number of rotatable bonds is 4.